The van der Waals surface area contributed by atoms with Gasteiger partial charge in [-0.25, -0.2) is 12.7 Å². The Morgan fingerprint density at radius 3 is 2.19 bits per heavy atom. The van der Waals surface area contributed by atoms with Crippen molar-refractivity contribution in [2.75, 3.05) is 40.3 Å². The van der Waals surface area contributed by atoms with Crippen molar-refractivity contribution in [1.29, 1.82) is 0 Å². The summed E-state index contributed by atoms with van der Waals surface area (Å²) in [7, 11) is 0.451. The molecule has 2 amide bonds. The van der Waals surface area contributed by atoms with Gasteiger partial charge in [0.05, 0.1) is 10.7 Å². The Morgan fingerprint density at radius 2 is 1.67 bits per heavy atom. The van der Waals surface area contributed by atoms with Crippen LogP contribution in [0.4, 0.5) is 0 Å². The third-order valence-corrected chi connectivity index (χ3v) is 10.1. The number of amides is 2. The van der Waals surface area contributed by atoms with Crippen LogP contribution >= 0.6 is 0 Å². The van der Waals surface area contributed by atoms with E-state index in [9.17, 15) is 18.0 Å². The van der Waals surface area contributed by atoms with Crippen molar-refractivity contribution in [3.63, 3.8) is 0 Å². The molecule has 4 fully saturated rings. The van der Waals surface area contributed by atoms with Crippen LogP contribution in [-0.4, -0.2) is 79.9 Å². The Morgan fingerprint density at radius 1 is 1.04 bits per heavy atom. The number of carbonyl (C=O) groups excluding carboxylic acids is 2. The van der Waals surface area contributed by atoms with Crippen molar-refractivity contribution < 1.29 is 18.0 Å². The van der Waals surface area contributed by atoms with Gasteiger partial charge < -0.3 is 9.80 Å². The van der Waals surface area contributed by atoms with Crippen LogP contribution in [-0.2, 0) is 19.6 Å². The van der Waals surface area contributed by atoms with Gasteiger partial charge in [-0.3, -0.25) is 9.59 Å². The van der Waals surface area contributed by atoms with E-state index < -0.39 is 15.4 Å². The van der Waals surface area contributed by atoms with Gasteiger partial charge in [-0.1, -0.05) is 0 Å². The maximum Gasteiger partial charge on any atom is 0.230 e. The Bertz CT molecular complexity index is 753. The highest BCUT2D eigenvalue weighted by atomic mass is 32.2. The molecule has 0 aromatic carbocycles. The fourth-order valence-electron chi connectivity index (χ4n) is 5.96. The molecule has 4 rings (SSSR count). The number of sulfonamides is 1. The Labute approximate surface area is 162 Å². The van der Waals surface area contributed by atoms with Crippen LogP contribution in [0.25, 0.3) is 0 Å². The Hall–Kier alpha value is -1.15. The molecule has 8 heteroatoms. The quantitative estimate of drug-likeness (QED) is 0.709. The van der Waals surface area contributed by atoms with Gasteiger partial charge >= 0.3 is 0 Å². The summed E-state index contributed by atoms with van der Waals surface area (Å²) in [6.07, 6.45) is 4.95. The Kier molecular flexibility index (Phi) is 4.39. The van der Waals surface area contributed by atoms with Gasteiger partial charge in [0.25, 0.3) is 0 Å². The van der Waals surface area contributed by atoms with Crippen molar-refractivity contribution in [3.05, 3.63) is 0 Å². The third-order valence-electron chi connectivity index (χ3n) is 7.65. The molecular formula is C19H31N3O4S. The van der Waals surface area contributed by atoms with E-state index >= 15 is 0 Å². The predicted molar refractivity (Wildman–Crippen MR) is 101 cm³/mol. The molecule has 0 aromatic heterocycles. The van der Waals surface area contributed by atoms with Crippen molar-refractivity contribution in [1.82, 2.24) is 14.1 Å². The molecule has 1 spiro atoms. The van der Waals surface area contributed by atoms with E-state index in [1.807, 2.05) is 4.90 Å². The van der Waals surface area contributed by atoms with Crippen molar-refractivity contribution in [3.8, 4) is 0 Å². The highest BCUT2D eigenvalue weighted by Crippen LogP contribution is 2.62. The molecule has 0 bridgehead atoms. The minimum atomic E-state index is -3.13. The summed E-state index contributed by atoms with van der Waals surface area (Å²) >= 11 is 0. The van der Waals surface area contributed by atoms with Crippen LogP contribution in [0.3, 0.4) is 0 Å². The molecule has 2 aliphatic carbocycles. The van der Waals surface area contributed by atoms with E-state index in [0.717, 1.165) is 38.5 Å². The normalized spacial score (nSPS) is 33.3. The first-order valence-electron chi connectivity index (χ1n) is 10.1. The largest absolute Gasteiger partial charge is 0.348 e. The molecule has 2 aliphatic heterocycles. The van der Waals surface area contributed by atoms with Crippen LogP contribution < -0.4 is 0 Å². The molecule has 0 unspecified atom stereocenters. The van der Waals surface area contributed by atoms with Crippen LogP contribution in [0.2, 0.25) is 0 Å². The van der Waals surface area contributed by atoms with E-state index in [1.165, 1.54) is 0 Å². The summed E-state index contributed by atoms with van der Waals surface area (Å²) in [5.41, 5.74) is -0.516. The van der Waals surface area contributed by atoms with E-state index in [0.29, 0.717) is 26.2 Å². The topological polar surface area (TPSA) is 78.0 Å². The maximum absolute atomic E-state index is 13.1. The van der Waals surface area contributed by atoms with Crippen LogP contribution in [0, 0.1) is 16.7 Å². The fourth-order valence-corrected chi connectivity index (χ4v) is 7.80. The molecule has 0 aromatic rings. The number of hydrogen-bond acceptors (Lipinski definition) is 4. The highest BCUT2D eigenvalue weighted by Gasteiger charge is 2.65. The van der Waals surface area contributed by atoms with Gasteiger partial charge in [-0.05, 0) is 49.9 Å². The van der Waals surface area contributed by atoms with E-state index in [-0.39, 0.29) is 28.4 Å². The third kappa shape index (κ3) is 2.82. The molecule has 0 radical (unpaired) electrons. The minimum Gasteiger partial charge on any atom is -0.348 e. The van der Waals surface area contributed by atoms with Gasteiger partial charge in [0, 0.05) is 47.2 Å². The van der Waals surface area contributed by atoms with Crippen LogP contribution in [0.15, 0.2) is 0 Å². The lowest BCUT2D eigenvalue weighted by Gasteiger charge is -2.44. The fraction of sp³-hybridized carbons (Fsp3) is 0.895. The van der Waals surface area contributed by atoms with Gasteiger partial charge in [0.1, 0.15) is 0 Å². The van der Waals surface area contributed by atoms with Crippen molar-refractivity contribution in [2.45, 2.75) is 50.7 Å². The first-order valence-corrected chi connectivity index (χ1v) is 11.6. The average molecular weight is 398 g/mol. The predicted octanol–water partition coefficient (Wildman–Crippen LogP) is 0.908. The van der Waals surface area contributed by atoms with Gasteiger partial charge in [0.15, 0.2) is 0 Å². The summed E-state index contributed by atoms with van der Waals surface area (Å²) in [6.45, 7) is 3.83. The van der Waals surface area contributed by atoms with Crippen LogP contribution in [0.5, 0.6) is 0 Å². The summed E-state index contributed by atoms with van der Waals surface area (Å²) in [5, 5.41) is -0.163. The molecule has 4 aliphatic rings. The van der Waals surface area contributed by atoms with Crippen LogP contribution in [0.1, 0.15) is 45.4 Å². The maximum atomic E-state index is 13.1. The number of rotatable bonds is 3. The second kappa shape index (κ2) is 6.17. The second-order valence-corrected chi connectivity index (χ2v) is 11.5. The Balaban J connectivity index is 1.58. The van der Waals surface area contributed by atoms with E-state index in [2.05, 4.69) is 0 Å². The second-order valence-electron chi connectivity index (χ2n) is 9.31. The van der Waals surface area contributed by atoms with Crippen molar-refractivity contribution in [2.24, 2.45) is 16.7 Å². The molecule has 7 nitrogen and oxygen atoms in total. The smallest absolute Gasteiger partial charge is 0.230 e. The molecular weight excluding hydrogens is 366 g/mol. The van der Waals surface area contributed by atoms with E-state index in [4.69, 9.17) is 0 Å². The lowest BCUT2D eigenvalue weighted by atomic mass is 9.66. The SMILES string of the molecule is CC(=O)N1C[C@H]2C3(CCN(S(=O)(=O)C4CC4)CC3)CC[C@@]2(C(=O)N(C)C)C1. The summed E-state index contributed by atoms with van der Waals surface area (Å²) in [4.78, 5) is 28.7. The number of likely N-dealkylation sites (tertiary alicyclic amines) is 1. The zero-order valence-electron chi connectivity index (χ0n) is 16.6. The number of fused-ring (bicyclic) bond motifs is 2. The lowest BCUT2D eigenvalue weighted by Crippen LogP contribution is -2.49. The summed E-state index contributed by atoms with van der Waals surface area (Å²) in [5.74, 6) is 0.287. The standard InChI is InChI=1S/C19H31N3O4S/c1-14(23)21-12-16-18(6-7-19(16,13-21)17(24)20(2)3)8-10-22(11-9-18)27(25,26)15-4-5-15/h15-16H,4-13H2,1-3H3/t16-,19+/m0/s1. The van der Waals surface area contributed by atoms with Gasteiger partial charge in [-0.2, -0.15) is 0 Å². The number of nitrogens with zero attached hydrogens (tertiary/aromatic N) is 3. The average Bonchev–Trinajstić information content (AvgIpc) is 3.35. The summed E-state index contributed by atoms with van der Waals surface area (Å²) in [6, 6.07) is 0. The minimum absolute atomic E-state index is 0.0224. The molecule has 2 heterocycles. The van der Waals surface area contributed by atoms with E-state index in [1.54, 1.807) is 30.2 Å². The first-order chi connectivity index (χ1) is 12.6. The zero-order chi connectivity index (χ0) is 19.6. The lowest BCUT2D eigenvalue weighted by molar-refractivity contribution is -0.141. The van der Waals surface area contributed by atoms with Gasteiger partial charge in [0.2, 0.25) is 21.8 Å². The van der Waals surface area contributed by atoms with Crippen molar-refractivity contribution >= 4 is 21.8 Å². The zero-order valence-corrected chi connectivity index (χ0v) is 17.4. The number of hydrogen-bond donors (Lipinski definition) is 0. The molecule has 2 atom stereocenters. The molecule has 0 N–H and O–H groups in total. The summed E-state index contributed by atoms with van der Waals surface area (Å²) < 4.78 is 26.9. The molecule has 152 valence electrons. The monoisotopic (exact) mass is 397 g/mol. The highest BCUT2D eigenvalue weighted by molar-refractivity contribution is 7.90. The number of carbonyl (C=O) groups is 2. The molecule has 2 saturated heterocycles. The molecule has 27 heavy (non-hydrogen) atoms. The molecule has 2 saturated carbocycles. The van der Waals surface area contributed by atoms with Gasteiger partial charge in [-0.15, -0.1) is 0 Å². The number of piperidine rings is 1. The first kappa shape index (κ1) is 19.2.